The van der Waals surface area contributed by atoms with Crippen LogP contribution in [-0.2, 0) is 9.59 Å². The van der Waals surface area contributed by atoms with E-state index in [2.05, 4.69) is 6.92 Å². The minimum absolute atomic E-state index is 0.0588. The second-order valence-electron chi connectivity index (χ2n) is 4.44. The highest BCUT2D eigenvalue weighted by molar-refractivity contribution is 7.99. The predicted molar refractivity (Wildman–Crippen MR) is 74.1 cm³/mol. The largest absolute Gasteiger partial charge is 0.481 e. The summed E-state index contributed by atoms with van der Waals surface area (Å²) in [6.07, 6.45) is 6.94. The number of aliphatic carboxylic acids is 2. The summed E-state index contributed by atoms with van der Waals surface area (Å²) < 4.78 is 0. The fourth-order valence-corrected chi connectivity index (χ4v) is 2.95. The molecule has 1 unspecified atom stereocenters. The molecule has 0 aliphatic rings. The first-order valence-electron chi connectivity index (χ1n) is 6.61. The minimum atomic E-state index is -0.820. The quantitative estimate of drug-likeness (QED) is 0.534. The van der Waals surface area contributed by atoms with Crippen molar-refractivity contribution in [3.63, 3.8) is 0 Å². The highest BCUT2D eigenvalue weighted by atomic mass is 32.2. The number of rotatable bonds is 12. The topological polar surface area (TPSA) is 74.6 Å². The van der Waals surface area contributed by atoms with E-state index in [9.17, 15) is 9.59 Å². The lowest BCUT2D eigenvalue weighted by atomic mass is 10.1. The second-order valence-corrected chi connectivity index (χ2v) is 5.85. The van der Waals surface area contributed by atoms with Crippen molar-refractivity contribution >= 4 is 23.7 Å². The van der Waals surface area contributed by atoms with E-state index in [1.54, 1.807) is 0 Å². The van der Waals surface area contributed by atoms with Crippen LogP contribution in [0.15, 0.2) is 0 Å². The molecule has 0 aromatic heterocycles. The fraction of sp³-hybridized carbons (Fsp3) is 0.846. The molecular formula is C13H24O4S. The molecule has 0 saturated carbocycles. The summed E-state index contributed by atoms with van der Waals surface area (Å²) in [5.41, 5.74) is 0. The van der Waals surface area contributed by atoms with Crippen LogP contribution in [0.5, 0.6) is 0 Å². The Morgan fingerprint density at radius 2 is 1.72 bits per heavy atom. The van der Waals surface area contributed by atoms with Crippen molar-refractivity contribution in [3.8, 4) is 0 Å². The molecule has 1 atom stereocenters. The summed E-state index contributed by atoms with van der Waals surface area (Å²) in [6, 6.07) is 0. The van der Waals surface area contributed by atoms with Gasteiger partial charge in [0.1, 0.15) is 0 Å². The molecule has 4 nitrogen and oxygen atoms in total. The van der Waals surface area contributed by atoms with Crippen molar-refractivity contribution < 1.29 is 19.8 Å². The number of thioether (sulfide) groups is 1. The molecule has 0 spiro atoms. The summed E-state index contributed by atoms with van der Waals surface area (Å²) >= 11 is 1.48. The second kappa shape index (κ2) is 11.4. The van der Waals surface area contributed by atoms with Crippen molar-refractivity contribution in [3.05, 3.63) is 0 Å². The molecule has 0 saturated heterocycles. The van der Waals surface area contributed by atoms with Gasteiger partial charge in [-0.15, -0.1) is 0 Å². The van der Waals surface area contributed by atoms with E-state index >= 15 is 0 Å². The average molecular weight is 276 g/mol. The van der Waals surface area contributed by atoms with E-state index in [1.807, 2.05) is 0 Å². The standard InChI is InChI=1S/C13H24O4S/c1-2-3-4-5-6-7-11(10-13(16)17)18-9-8-12(14)15/h11H,2-10H2,1H3,(H,14,15)(H,16,17). The Kier molecular flexibility index (Phi) is 10.9. The normalized spacial score (nSPS) is 12.3. The molecule has 0 fully saturated rings. The summed E-state index contributed by atoms with van der Waals surface area (Å²) in [7, 11) is 0. The van der Waals surface area contributed by atoms with Gasteiger partial charge in [0, 0.05) is 11.0 Å². The smallest absolute Gasteiger partial charge is 0.304 e. The number of carboxylic acids is 2. The summed E-state index contributed by atoms with van der Waals surface area (Å²) in [5.74, 6) is -1.11. The Bertz CT molecular complexity index is 243. The molecule has 0 amide bonds. The molecule has 106 valence electrons. The molecule has 0 aromatic rings. The molecule has 0 aliphatic heterocycles. The van der Waals surface area contributed by atoms with E-state index in [0.717, 1.165) is 19.3 Å². The lowest BCUT2D eigenvalue weighted by Crippen LogP contribution is -2.11. The van der Waals surface area contributed by atoms with Gasteiger partial charge in [0.05, 0.1) is 12.8 Å². The summed E-state index contributed by atoms with van der Waals surface area (Å²) in [5, 5.41) is 17.4. The summed E-state index contributed by atoms with van der Waals surface area (Å²) in [4.78, 5) is 21.1. The maximum atomic E-state index is 10.7. The lowest BCUT2D eigenvalue weighted by Gasteiger charge is -2.13. The third-order valence-electron chi connectivity index (χ3n) is 2.70. The third kappa shape index (κ3) is 11.8. The average Bonchev–Trinajstić information content (AvgIpc) is 2.27. The first-order valence-corrected chi connectivity index (χ1v) is 7.66. The van der Waals surface area contributed by atoms with Gasteiger partial charge in [-0.3, -0.25) is 9.59 Å². The Labute approximate surface area is 113 Å². The van der Waals surface area contributed by atoms with E-state index in [4.69, 9.17) is 10.2 Å². The zero-order chi connectivity index (χ0) is 13.8. The van der Waals surface area contributed by atoms with Crippen LogP contribution in [0, 0.1) is 0 Å². The van der Waals surface area contributed by atoms with Crippen LogP contribution in [0.1, 0.15) is 58.3 Å². The summed E-state index contributed by atoms with van der Waals surface area (Å²) in [6.45, 7) is 2.16. The Hall–Kier alpha value is -0.710. The van der Waals surface area contributed by atoms with Gasteiger partial charge in [-0.1, -0.05) is 39.0 Å². The zero-order valence-corrected chi connectivity index (χ0v) is 11.9. The van der Waals surface area contributed by atoms with Crippen LogP contribution in [-0.4, -0.2) is 33.2 Å². The van der Waals surface area contributed by atoms with Crippen molar-refractivity contribution in [1.82, 2.24) is 0 Å². The van der Waals surface area contributed by atoms with E-state index in [0.29, 0.717) is 5.75 Å². The molecule has 0 radical (unpaired) electrons. The first kappa shape index (κ1) is 17.3. The van der Waals surface area contributed by atoms with Crippen LogP contribution >= 0.6 is 11.8 Å². The van der Waals surface area contributed by atoms with Crippen molar-refractivity contribution in [1.29, 1.82) is 0 Å². The maximum Gasteiger partial charge on any atom is 0.304 e. The number of unbranched alkanes of at least 4 members (excludes halogenated alkanes) is 4. The van der Waals surface area contributed by atoms with Gasteiger partial charge in [0.2, 0.25) is 0 Å². The Morgan fingerprint density at radius 1 is 1.06 bits per heavy atom. The Balaban J connectivity index is 3.76. The molecule has 2 N–H and O–H groups in total. The van der Waals surface area contributed by atoms with Crippen LogP contribution in [0.4, 0.5) is 0 Å². The minimum Gasteiger partial charge on any atom is -0.481 e. The highest BCUT2D eigenvalue weighted by Crippen LogP contribution is 2.22. The monoisotopic (exact) mass is 276 g/mol. The van der Waals surface area contributed by atoms with Crippen LogP contribution in [0.2, 0.25) is 0 Å². The zero-order valence-electron chi connectivity index (χ0n) is 11.1. The van der Waals surface area contributed by atoms with Gasteiger partial charge in [-0.05, 0) is 6.42 Å². The van der Waals surface area contributed by atoms with E-state index < -0.39 is 11.9 Å². The van der Waals surface area contributed by atoms with Crippen LogP contribution in [0.25, 0.3) is 0 Å². The third-order valence-corrected chi connectivity index (χ3v) is 4.02. The fourth-order valence-electron chi connectivity index (χ4n) is 1.73. The van der Waals surface area contributed by atoms with Gasteiger partial charge in [0.25, 0.3) is 0 Å². The van der Waals surface area contributed by atoms with Gasteiger partial charge >= 0.3 is 11.9 Å². The number of hydrogen-bond acceptors (Lipinski definition) is 3. The van der Waals surface area contributed by atoms with Crippen LogP contribution < -0.4 is 0 Å². The number of carbonyl (C=O) groups is 2. The molecule has 0 aromatic carbocycles. The molecule has 0 rings (SSSR count). The SMILES string of the molecule is CCCCCCCC(CC(=O)O)SCCC(=O)O. The molecule has 5 heteroatoms. The van der Waals surface area contributed by atoms with E-state index in [-0.39, 0.29) is 18.1 Å². The molecule has 0 aliphatic carbocycles. The number of carboxylic acid groups (broad SMARTS) is 2. The molecule has 18 heavy (non-hydrogen) atoms. The van der Waals surface area contributed by atoms with Crippen LogP contribution in [0.3, 0.4) is 0 Å². The highest BCUT2D eigenvalue weighted by Gasteiger charge is 2.14. The maximum absolute atomic E-state index is 10.7. The predicted octanol–water partition coefficient (Wildman–Crippen LogP) is 3.40. The van der Waals surface area contributed by atoms with E-state index in [1.165, 1.54) is 31.0 Å². The van der Waals surface area contributed by atoms with Gasteiger partial charge in [0.15, 0.2) is 0 Å². The van der Waals surface area contributed by atoms with Crippen molar-refractivity contribution in [2.24, 2.45) is 0 Å². The Morgan fingerprint density at radius 3 is 2.28 bits per heavy atom. The van der Waals surface area contributed by atoms with Gasteiger partial charge < -0.3 is 10.2 Å². The van der Waals surface area contributed by atoms with Gasteiger partial charge in [-0.25, -0.2) is 0 Å². The van der Waals surface area contributed by atoms with Gasteiger partial charge in [-0.2, -0.15) is 11.8 Å². The number of hydrogen-bond donors (Lipinski definition) is 2. The molecule has 0 heterocycles. The molecule has 0 bridgehead atoms. The lowest BCUT2D eigenvalue weighted by molar-refractivity contribution is -0.137. The van der Waals surface area contributed by atoms with Crippen molar-refractivity contribution in [2.75, 3.05) is 5.75 Å². The first-order chi connectivity index (χ1) is 8.56. The molecular weight excluding hydrogens is 252 g/mol. The van der Waals surface area contributed by atoms with Crippen molar-refractivity contribution in [2.45, 2.75) is 63.5 Å².